The predicted molar refractivity (Wildman–Crippen MR) is 155 cm³/mol. The number of anilines is 3. The molecule has 0 spiro atoms. The molecule has 2 aliphatic rings. The quantitative estimate of drug-likeness (QED) is 0.202. The zero-order chi connectivity index (χ0) is 30.9. The van der Waals surface area contributed by atoms with Gasteiger partial charge in [-0.3, -0.25) is 0 Å². The summed E-state index contributed by atoms with van der Waals surface area (Å²) >= 11 is 0. The topological polar surface area (TPSA) is 173 Å². The number of alkyl halides is 2. The molecule has 0 bridgehead atoms. The summed E-state index contributed by atoms with van der Waals surface area (Å²) in [5, 5.41) is 33.7. The van der Waals surface area contributed by atoms with Gasteiger partial charge < -0.3 is 20.8 Å². The van der Waals surface area contributed by atoms with Gasteiger partial charge in [0.2, 0.25) is 0 Å². The van der Waals surface area contributed by atoms with Crippen LogP contribution in [-0.2, 0) is 10.0 Å². The lowest BCUT2D eigenvalue weighted by atomic mass is 9.82. The minimum Gasteiger partial charge on any atom is -0.393 e. The van der Waals surface area contributed by atoms with Gasteiger partial charge in [-0.1, -0.05) is 11.8 Å². The Morgan fingerprint density at radius 1 is 1.05 bits per heavy atom. The molecule has 2 saturated carbocycles. The number of pyridine rings is 1. The molecule has 2 fully saturated rings. The van der Waals surface area contributed by atoms with E-state index in [-0.39, 0.29) is 18.5 Å². The normalized spacial score (nSPS) is 20.2. The average Bonchev–Trinajstić information content (AvgIpc) is 3.56. The van der Waals surface area contributed by atoms with Crippen molar-refractivity contribution in [1.82, 2.24) is 33.9 Å². The number of aliphatic hydroxyl groups is 2. The number of aliphatic hydroxyl groups excluding tert-OH is 1. The van der Waals surface area contributed by atoms with Crippen molar-refractivity contribution < 1.29 is 27.4 Å². The van der Waals surface area contributed by atoms with Gasteiger partial charge in [0.05, 0.1) is 58.4 Å². The largest absolute Gasteiger partial charge is 0.393 e. The standard InChI is InChI=1S/C28H29F2N9O4S/c29-27(30)38-15-18(12-33-38)1-2-19-13-32-25(11-23(19)35-21-5-8-28(41,17-40)9-6-21)36-24-7-10-31-26(37-24)20-14-34-39(16-20)44(42,43)22-3-4-22/h7,10-16,21-22,27,40-41H,3-6,8-9,17H2,(H2,31,32,35,36,37). The summed E-state index contributed by atoms with van der Waals surface area (Å²) < 4.78 is 52.4. The first-order valence-corrected chi connectivity index (χ1v) is 15.5. The molecule has 6 rings (SSSR count). The molecule has 0 amide bonds. The Kier molecular flexibility index (Phi) is 8.01. The maximum Gasteiger partial charge on any atom is 0.333 e. The maximum atomic E-state index is 12.9. The second-order valence-electron chi connectivity index (χ2n) is 10.9. The highest BCUT2D eigenvalue weighted by Gasteiger charge is 2.38. The van der Waals surface area contributed by atoms with Gasteiger partial charge >= 0.3 is 6.55 Å². The van der Waals surface area contributed by atoms with Crippen LogP contribution in [0.4, 0.5) is 26.1 Å². The first-order chi connectivity index (χ1) is 21.1. The summed E-state index contributed by atoms with van der Waals surface area (Å²) in [5.74, 6) is 6.91. The van der Waals surface area contributed by atoms with Gasteiger partial charge in [-0.2, -0.15) is 23.1 Å². The van der Waals surface area contributed by atoms with Gasteiger partial charge in [-0.25, -0.2) is 28.1 Å². The van der Waals surface area contributed by atoms with E-state index >= 15 is 0 Å². The Morgan fingerprint density at radius 3 is 2.55 bits per heavy atom. The smallest absolute Gasteiger partial charge is 0.333 e. The van der Waals surface area contributed by atoms with Gasteiger partial charge in [-0.15, -0.1) is 0 Å². The molecular formula is C28H29F2N9O4S. The second-order valence-corrected chi connectivity index (χ2v) is 13.0. The third kappa shape index (κ3) is 6.54. The zero-order valence-corrected chi connectivity index (χ0v) is 24.1. The van der Waals surface area contributed by atoms with E-state index in [1.807, 2.05) is 0 Å². The molecule has 13 nitrogen and oxygen atoms in total. The van der Waals surface area contributed by atoms with Crippen LogP contribution >= 0.6 is 0 Å². The van der Waals surface area contributed by atoms with Crippen molar-refractivity contribution in [2.75, 3.05) is 17.2 Å². The number of halogens is 2. The Labute approximate surface area is 251 Å². The fourth-order valence-electron chi connectivity index (χ4n) is 4.85. The van der Waals surface area contributed by atoms with Gasteiger partial charge in [0.25, 0.3) is 10.0 Å². The molecule has 4 aromatic rings. The van der Waals surface area contributed by atoms with Gasteiger partial charge in [0, 0.05) is 30.7 Å². The van der Waals surface area contributed by atoms with Gasteiger partial charge in [0.1, 0.15) is 11.6 Å². The van der Waals surface area contributed by atoms with E-state index in [0.717, 1.165) is 10.3 Å². The lowest BCUT2D eigenvalue weighted by Gasteiger charge is -2.35. The minimum atomic E-state index is -3.52. The van der Waals surface area contributed by atoms with Crippen LogP contribution in [0.1, 0.15) is 56.2 Å². The highest BCUT2D eigenvalue weighted by molar-refractivity contribution is 7.90. The van der Waals surface area contributed by atoms with Gasteiger partial charge in [0.15, 0.2) is 5.82 Å². The number of aromatic nitrogens is 7. The van der Waals surface area contributed by atoms with Crippen LogP contribution in [0.5, 0.6) is 0 Å². The van der Waals surface area contributed by atoms with Crippen LogP contribution in [0.3, 0.4) is 0 Å². The third-order valence-corrected chi connectivity index (χ3v) is 9.59. The van der Waals surface area contributed by atoms with E-state index in [1.165, 1.54) is 31.0 Å². The van der Waals surface area contributed by atoms with Crippen molar-refractivity contribution in [3.63, 3.8) is 0 Å². The molecule has 0 radical (unpaired) electrons. The molecule has 2 aliphatic carbocycles. The Hall–Kier alpha value is -4.46. The molecule has 4 aromatic heterocycles. The first-order valence-electron chi connectivity index (χ1n) is 14.0. The van der Waals surface area contributed by atoms with Crippen LogP contribution in [0.2, 0.25) is 0 Å². The van der Waals surface area contributed by atoms with Crippen molar-refractivity contribution in [2.45, 2.75) is 62.0 Å². The van der Waals surface area contributed by atoms with Crippen molar-refractivity contribution in [3.05, 3.63) is 60.4 Å². The van der Waals surface area contributed by atoms with Crippen molar-refractivity contribution in [1.29, 1.82) is 0 Å². The zero-order valence-electron chi connectivity index (χ0n) is 23.3. The lowest BCUT2D eigenvalue weighted by molar-refractivity contribution is -0.0438. The number of hydrogen-bond donors (Lipinski definition) is 4. The summed E-state index contributed by atoms with van der Waals surface area (Å²) in [5.41, 5.74) is 0.785. The molecule has 230 valence electrons. The fraction of sp³-hybridized carbons (Fsp3) is 0.393. The summed E-state index contributed by atoms with van der Waals surface area (Å²) in [6.45, 7) is -3.07. The number of nitrogens with zero attached hydrogens (tertiary/aromatic N) is 7. The fourth-order valence-corrected chi connectivity index (χ4v) is 6.32. The monoisotopic (exact) mass is 625 g/mol. The van der Waals surface area contributed by atoms with Crippen LogP contribution in [0, 0.1) is 11.8 Å². The first kappa shape index (κ1) is 29.6. The van der Waals surface area contributed by atoms with E-state index in [9.17, 15) is 27.4 Å². The van der Waals surface area contributed by atoms with E-state index in [4.69, 9.17) is 0 Å². The third-order valence-electron chi connectivity index (χ3n) is 7.55. The predicted octanol–water partition coefficient (Wildman–Crippen LogP) is 2.89. The maximum absolute atomic E-state index is 12.9. The van der Waals surface area contributed by atoms with Crippen molar-refractivity contribution >= 4 is 27.3 Å². The van der Waals surface area contributed by atoms with Crippen LogP contribution in [0.15, 0.2) is 49.3 Å². The molecule has 0 unspecified atom stereocenters. The summed E-state index contributed by atoms with van der Waals surface area (Å²) in [6.07, 6.45) is 11.6. The second kappa shape index (κ2) is 11.9. The minimum absolute atomic E-state index is 0.0201. The number of nitrogens with one attached hydrogen (secondary N) is 2. The number of hydrogen-bond acceptors (Lipinski definition) is 11. The molecule has 0 saturated heterocycles. The van der Waals surface area contributed by atoms with E-state index in [0.29, 0.717) is 77.2 Å². The highest BCUT2D eigenvalue weighted by Crippen LogP contribution is 2.32. The summed E-state index contributed by atoms with van der Waals surface area (Å²) in [6, 6.07) is 3.35. The van der Waals surface area contributed by atoms with Gasteiger partial charge in [-0.05, 0) is 44.6 Å². The van der Waals surface area contributed by atoms with Crippen LogP contribution in [-0.4, -0.2) is 76.0 Å². The molecule has 4 N–H and O–H groups in total. The molecule has 44 heavy (non-hydrogen) atoms. The van der Waals surface area contributed by atoms with Crippen molar-refractivity contribution in [2.24, 2.45) is 0 Å². The highest BCUT2D eigenvalue weighted by atomic mass is 32.2. The number of rotatable bonds is 9. The molecule has 0 aromatic carbocycles. The Balaban J connectivity index is 1.24. The van der Waals surface area contributed by atoms with Crippen molar-refractivity contribution in [3.8, 4) is 23.2 Å². The Bertz CT molecular complexity index is 1820. The SMILES string of the molecule is O=S(=O)(C1CC1)n1cc(-c2nccc(Nc3cc(NC4CCC(O)(CO)CC4)c(C#Cc4cnn(C(F)F)c4)cn3)n2)cn1. The molecule has 16 heteroatoms. The van der Waals surface area contributed by atoms with E-state index in [2.05, 4.69) is 47.6 Å². The molecule has 0 atom stereocenters. The average molecular weight is 626 g/mol. The summed E-state index contributed by atoms with van der Waals surface area (Å²) in [4.78, 5) is 13.2. The lowest BCUT2D eigenvalue weighted by Crippen LogP contribution is -2.41. The molecular weight excluding hydrogens is 596 g/mol. The Morgan fingerprint density at radius 2 is 1.84 bits per heavy atom. The molecule has 0 aliphatic heterocycles. The van der Waals surface area contributed by atoms with E-state index < -0.39 is 27.4 Å². The van der Waals surface area contributed by atoms with Crippen LogP contribution in [0.25, 0.3) is 11.4 Å². The van der Waals surface area contributed by atoms with E-state index in [1.54, 1.807) is 12.1 Å². The summed E-state index contributed by atoms with van der Waals surface area (Å²) in [7, 11) is -3.52. The molecule has 4 heterocycles. The van der Waals surface area contributed by atoms with Crippen LogP contribution < -0.4 is 10.6 Å².